The second kappa shape index (κ2) is 9.04. The lowest BCUT2D eigenvalue weighted by atomic mass is 10.1. The molecule has 0 bridgehead atoms. The topological polar surface area (TPSA) is 98.8 Å². The molecule has 3 heterocycles. The minimum absolute atomic E-state index is 0.200. The fourth-order valence-electron chi connectivity index (χ4n) is 3.82. The molecule has 1 atom stereocenters. The minimum atomic E-state index is -0.327. The van der Waals surface area contributed by atoms with E-state index in [9.17, 15) is 9.18 Å². The number of likely N-dealkylation sites (tertiary alicyclic amines) is 1. The lowest BCUT2D eigenvalue weighted by Gasteiger charge is -2.20. The van der Waals surface area contributed by atoms with Gasteiger partial charge in [0.25, 0.3) is 12.0 Å². The first kappa shape index (κ1) is 20.8. The highest BCUT2D eigenvalue weighted by atomic mass is 19.1. The number of fused-ring (bicyclic) bond motifs is 1. The van der Waals surface area contributed by atoms with Crippen molar-refractivity contribution in [3.63, 3.8) is 0 Å². The number of hydrogen-bond acceptors (Lipinski definition) is 6. The lowest BCUT2D eigenvalue weighted by Crippen LogP contribution is -2.30. The molecule has 0 aliphatic carbocycles. The molecule has 29 heavy (non-hydrogen) atoms. The second-order valence-corrected chi connectivity index (χ2v) is 7.31. The molecule has 2 aromatic rings. The van der Waals surface area contributed by atoms with Crippen LogP contribution in [0.25, 0.3) is 0 Å². The Kier molecular flexibility index (Phi) is 6.48. The summed E-state index contributed by atoms with van der Waals surface area (Å²) in [4.78, 5) is 24.4. The summed E-state index contributed by atoms with van der Waals surface area (Å²) in [5, 5.41) is 13.2. The Morgan fingerprint density at radius 3 is 2.72 bits per heavy atom. The highest BCUT2D eigenvalue weighted by Crippen LogP contribution is 2.33. The number of hydrogen-bond donors (Lipinski definition) is 2. The van der Waals surface area contributed by atoms with Crippen LogP contribution >= 0.6 is 0 Å². The van der Waals surface area contributed by atoms with E-state index in [4.69, 9.17) is 14.6 Å². The summed E-state index contributed by atoms with van der Waals surface area (Å²) >= 11 is 0. The van der Waals surface area contributed by atoms with Gasteiger partial charge >= 0.3 is 0 Å². The van der Waals surface area contributed by atoms with Crippen LogP contribution in [-0.4, -0.2) is 52.9 Å². The highest BCUT2D eigenvalue weighted by molar-refractivity contribution is 5.55. The Bertz CT molecular complexity index is 933. The predicted octanol–water partition coefficient (Wildman–Crippen LogP) is 1.91. The maximum absolute atomic E-state index is 14.5. The fourth-order valence-corrected chi connectivity index (χ4v) is 3.82. The van der Waals surface area contributed by atoms with Crippen LogP contribution < -0.4 is 15.2 Å². The Labute approximate surface area is 167 Å². The summed E-state index contributed by atoms with van der Waals surface area (Å²) in [5.41, 5.74) is 3.15. The van der Waals surface area contributed by atoms with Crippen LogP contribution in [0, 0.1) is 12.7 Å². The van der Waals surface area contributed by atoms with Crippen molar-refractivity contribution in [3.05, 3.63) is 51.2 Å². The minimum Gasteiger partial charge on any atom is -0.489 e. The zero-order valence-corrected chi connectivity index (χ0v) is 16.5. The number of benzene rings is 1. The standard InChI is InChI=1S/C19H23FN4O2.CH2O2/c1-12-17(8-21-22-19(12)25)24-9-13-6-16(20)18(7-14(13)10-24)26-11-15-4-3-5-23(15)2;2-1-3/h6-8,15H,3-5,9-11H2,1-2H3,(H,22,25);1H,(H,2,3). The monoisotopic (exact) mass is 404 g/mol. The molecular formula is C20H25FN4O4. The summed E-state index contributed by atoms with van der Waals surface area (Å²) in [5.74, 6) is -0.0151. The van der Waals surface area contributed by atoms with Crippen LogP contribution in [0.1, 0.15) is 29.5 Å². The third-order valence-corrected chi connectivity index (χ3v) is 5.50. The van der Waals surface area contributed by atoms with E-state index in [2.05, 4.69) is 22.1 Å². The van der Waals surface area contributed by atoms with Gasteiger partial charge in [0.15, 0.2) is 11.6 Å². The predicted molar refractivity (Wildman–Crippen MR) is 106 cm³/mol. The van der Waals surface area contributed by atoms with E-state index in [1.807, 2.05) is 4.90 Å². The van der Waals surface area contributed by atoms with Gasteiger partial charge in [0.2, 0.25) is 0 Å². The first-order valence-electron chi connectivity index (χ1n) is 9.46. The molecule has 1 aromatic carbocycles. The van der Waals surface area contributed by atoms with E-state index in [-0.39, 0.29) is 17.8 Å². The number of aromatic amines is 1. The number of aromatic nitrogens is 2. The molecule has 0 saturated carbocycles. The summed E-state index contributed by atoms with van der Waals surface area (Å²) < 4.78 is 20.3. The van der Waals surface area contributed by atoms with Crippen molar-refractivity contribution in [1.82, 2.24) is 15.1 Å². The number of carbonyl (C=O) groups is 1. The van der Waals surface area contributed by atoms with Gasteiger partial charge in [0.1, 0.15) is 6.61 Å². The van der Waals surface area contributed by atoms with E-state index in [1.54, 1.807) is 25.3 Å². The molecule has 9 heteroatoms. The molecule has 1 aromatic heterocycles. The molecule has 2 aliphatic heterocycles. The number of likely N-dealkylation sites (N-methyl/N-ethyl adjacent to an activating group) is 1. The largest absolute Gasteiger partial charge is 0.489 e. The van der Waals surface area contributed by atoms with Gasteiger partial charge in [-0.2, -0.15) is 5.10 Å². The fraction of sp³-hybridized carbons (Fsp3) is 0.450. The van der Waals surface area contributed by atoms with Gasteiger partial charge in [-0.15, -0.1) is 0 Å². The Morgan fingerprint density at radius 2 is 2.07 bits per heavy atom. The van der Waals surface area contributed by atoms with Gasteiger partial charge in [0.05, 0.1) is 11.9 Å². The third kappa shape index (κ3) is 4.56. The van der Waals surface area contributed by atoms with Gasteiger partial charge < -0.3 is 19.6 Å². The van der Waals surface area contributed by atoms with Gasteiger partial charge in [0, 0.05) is 24.7 Å². The SMILES string of the molecule is Cc1c(N2Cc3cc(F)c(OCC4CCCN4C)cc3C2)cn[nH]c1=O.O=CO. The smallest absolute Gasteiger partial charge is 0.290 e. The maximum Gasteiger partial charge on any atom is 0.290 e. The lowest BCUT2D eigenvalue weighted by molar-refractivity contribution is -0.122. The van der Waals surface area contributed by atoms with E-state index in [0.717, 1.165) is 36.2 Å². The molecule has 4 rings (SSSR count). The highest BCUT2D eigenvalue weighted by Gasteiger charge is 2.25. The molecule has 1 fully saturated rings. The van der Waals surface area contributed by atoms with Gasteiger partial charge in [-0.1, -0.05) is 0 Å². The van der Waals surface area contributed by atoms with Crippen molar-refractivity contribution in [3.8, 4) is 5.75 Å². The normalized spacial score (nSPS) is 18.2. The molecule has 1 unspecified atom stereocenters. The first-order valence-corrected chi connectivity index (χ1v) is 9.46. The summed E-state index contributed by atoms with van der Waals surface area (Å²) in [6, 6.07) is 3.71. The van der Waals surface area contributed by atoms with Crippen LogP contribution in [0.4, 0.5) is 10.1 Å². The van der Waals surface area contributed by atoms with Crippen molar-refractivity contribution in [1.29, 1.82) is 0 Å². The van der Waals surface area contributed by atoms with Crippen LogP contribution in [-0.2, 0) is 17.9 Å². The molecule has 0 amide bonds. The number of ether oxygens (including phenoxy) is 1. The maximum atomic E-state index is 14.5. The number of rotatable bonds is 4. The molecule has 0 radical (unpaired) electrons. The quantitative estimate of drug-likeness (QED) is 0.751. The average molecular weight is 404 g/mol. The first-order chi connectivity index (χ1) is 13.9. The number of anilines is 1. The number of nitrogens with zero attached hydrogens (tertiary/aromatic N) is 3. The van der Waals surface area contributed by atoms with Crippen molar-refractivity contribution in [2.24, 2.45) is 0 Å². The van der Waals surface area contributed by atoms with Gasteiger partial charge in [-0.25, -0.2) is 9.49 Å². The molecule has 8 nitrogen and oxygen atoms in total. The Morgan fingerprint density at radius 1 is 1.38 bits per heavy atom. The Balaban J connectivity index is 0.000000755. The van der Waals surface area contributed by atoms with Crippen molar-refractivity contribution < 1.29 is 19.0 Å². The summed E-state index contributed by atoms with van der Waals surface area (Å²) in [6.45, 7) is 4.27. The molecule has 0 spiro atoms. The van der Waals surface area contributed by atoms with Crippen LogP contribution in [0.15, 0.2) is 23.1 Å². The number of nitrogens with one attached hydrogen (secondary N) is 1. The van der Waals surface area contributed by atoms with Gasteiger partial charge in [-0.05, 0) is 56.6 Å². The van der Waals surface area contributed by atoms with Crippen molar-refractivity contribution in [2.75, 3.05) is 25.1 Å². The molecule has 2 aliphatic rings. The van der Waals surface area contributed by atoms with E-state index < -0.39 is 0 Å². The van der Waals surface area contributed by atoms with Crippen LogP contribution in [0.2, 0.25) is 0 Å². The molecule has 156 valence electrons. The number of halogens is 1. The number of H-pyrrole nitrogens is 1. The number of carboxylic acid groups (broad SMARTS) is 1. The van der Waals surface area contributed by atoms with E-state index in [1.165, 1.54) is 0 Å². The zero-order valence-electron chi connectivity index (χ0n) is 16.5. The van der Waals surface area contributed by atoms with E-state index >= 15 is 0 Å². The molecule has 1 saturated heterocycles. The summed E-state index contributed by atoms with van der Waals surface area (Å²) in [7, 11) is 2.08. The van der Waals surface area contributed by atoms with Crippen molar-refractivity contribution >= 4 is 12.2 Å². The van der Waals surface area contributed by atoms with Crippen LogP contribution in [0.3, 0.4) is 0 Å². The van der Waals surface area contributed by atoms with Crippen molar-refractivity contribution in [2.45, 2.75) is 38.9 Å². The second-order valence-electron chi connectivity index (χ2n) is 7.31. The Hall–Kier alpha value is -2.94. The zero-order chi connectivity index (χ0) is 21.0. The van der Waals surface area contributed by atoms with Crippen LogP contribution in [0.5, 0.6) is 5.75 Å². The third-order valence-electron chi connectivity index (χ3n) is 5.50. The molecule has 2 N–H and O–H groups in total. The average Bonchev–Trinajstić information content (AvgIpc) is 3.28. The molecular weight excluding hydrogens is 379 g/mol. The summed E-state index contributed by atoms with van der Waals surface area (Å²) in [6.07, 6.45) is 3.90. The van der Waals surface area contributed by atoms with E-state index in [0.29, 0.717) is 37.1 Å². The van der Waals surface area contributed by atoms with Gasteiger partial charge in [-0.3, -0.25) is 9.59 Å².